The lowest BCUT2D eigenvalue weighted by Gasteiger charge is -2.35. The van der Waals surface area contributed by atoms with Crippen LogP contribution in [0.1, 0.15) is 30.0 Å². The first-order chi connectivity index (χ1) is 14.8. The van der Waals surface area contributed by atoms with Crippen molar-refractivity contribution in [2.75, 3.05) is 13.1 Å². The number of hydrogen-bond acceptors (Lipinski definition) is 6. The van der Waals surface area contributed by atoms with Crippen LogP contribution < -0.4 is 11.2 Å². The number of carbonyl (C=O) groups is 1. The van der Waals surface area contributed by atoms with Crippen LogP contribution >= 0.6 is 0 Å². The van der Waals surface area contributed by atoms with E-state index in [1.807, 2.05) is 19.9 Å². The lowest BCUT2D eigenvalue weighted by molar-refractivity contribution is -0.0712. The number of Topliss-reactive ketones (excluding diaryl/α,β-unsaturated/α-hetero) is 1. The van der Waals surface area contributed by atoms with Crippen molar-refractivity contribution in [3.05, 3.63) is 62.6 Å². The van der Waals surface area contributed by atoms with Gasteiger partial charge in [0, 0.05) is 32.7 Å². The topological polar surface area (TPSA) is 91.4 Å². The number of aryl methyl sites for hydroxylation is 1. The summed E-state index contributed by atoms with van der Waals surface area (Å²) in [6, 6.07) is 8.96. The molecule has 1 aromatic carbocycles. The zero-order chi connectivity index (χ0) is 22.3. The molecule has 3 aromatic rings. The van der Waals surface area contributed by atoms with Gasteiger partial charge < -0.3 is 9.30 Å². The van der Waals surface area contributed by atoms with Crippen LogP contribution in [-0.2, 0) is 31.9 Å². The zero-order valence-electron chi connectivity index (χ0n) is 18.2. The molecule has 164 valence electrons. The minimum Gasteiger partial charge on any atom is -0.373 e. The van der Waals surface area contributed by atoms with Gasteiger partial charge in [-0.2, -0.15) is 0 Å². The molecule has 0 bridgehead atoms. The largest absolute Gasteiger partial charge is 0.373 e. The number of nitrogens with zero attached hydrogens (tertiary/aromatic N) is 5. The fraction of sp³-hybridized carbons (Fsp3) is 0.455. The predicted molar refractivity (Wildman–Crippen MR) is 116 cm³/mol. The maximum absolute atomic E-state index is 13.0. The summed E-state index contributed by atoms with van der Waals surface area (Å²) in [6.45, 7) is 5.90. The molecule has 0 saturated carbocycles. The van der Waals surface area contributed by atoms with Crippen LogP contribution in [0.15, 0.2) is 39.9 Å². The smallest absolute Gasteiger partial charge is 0.332 e. The van der Waals surface area contributed by atoms with E-state index in [0.29, 0.717) is 23.6 Å². The van der Waals surface area contributed by atoms with Gasteiger partial charge in [-0.15, -0.1) is 0 Å². The summed E-state index contributed by atoms with van der Waals surface area (Å²) in [4.78, 5) is 45.3. The molecule has 0 radical (unpaired) electrons. The van der Waals surface area contributed by atoms with Crippen LogP contribution in [-0.4, -0.2) is 54.7 Å². The Kier molecular flexibility index (Phi) is 5.63. The van der Waals surface area contributed by atoms with Gasteiger partial charge in [0.1, 0.15) is 5.82 Å². The number of fused-ring (bicyclic) bond motifs is 1. The average Bonchev–Trinajstić information content (AvgIpc) is 3.08. The Morgan fingerprint density at radius 3 is 2.35 bits per heavy atom. The fourth-order valence-electron chi connectivity index (χ4n) is 4.26. The highest BCUT2D eigenvalue weighted by molar-refractivity contribution is 5.96. The van der Waals surface area contributed by atoms with E-state index in [0.717, 1.165) is 17.7 Å². The minimum atomic E-state index is -0.457. The first-order valence-electron chi connectivity index (χ1n) is 10.4. The van der Waals surface area contributed by atoms with Crippen molar-refractivity contribution in [1.82, 2.24) is 23.6 Å². The maximum Gasteiger partial charge on any atom is 0.332 e. The molecule has 9 heteroatoms. The van der Waals surface area contributed by atoms with Crippen molar-refractivity contribution in [3.63, 3.8) is 0 Å². The average molecular weight is 425 g/mol. The highest BCUT2D eigenvalue weighted by Crippen LogP contribution is 2.18. The van der Waals surface area contributed by atoms with E-state index in [1.54, 1.807) is 35.9 Å². The fourth-order valence-corrected chi connectivity index (χ4v) is 4.26. The van der Waals surface area contributed by atoms with Crippen LogP contribution in [0.5, 0.6) is 0 Å². The lowest BCUT2D eigenvalue weighted by atomic mass is 10.1. The molecule has 0 aliphatic carbocycles. The number of ether oxygens (including phenoxy) is 1. The standard InChI is InChI=1S/C22H27N5O4/c1-14-10-26(11-15(2)31-14)13-18-23-20-19(21(29)25(4)22(30)24(20)3)27(18)12-17(28)16-8-6-5-7-9-16/h5-9,14-15H,10-13H2,1-4H3/t14-,15-/m1/s1. The third-order valence-electron chi connectivity index (χ3n) is 5.68. The number of ketones is 1. The van der Waals surface area contributed by atoms with Crippen molar-refractivity contribution in [2.45, 2.75) is 39.1 Å². The molecule has 31 heavy (non-hydrogen) atoms. The molecular weight excluding hydrogens is 398 g/mol. The third-order valence-corrected chi connectivity index (χ3v) is 5.68. The first kappa shape index (κ1) is 21.2. The molecule has 1 saturated heterocycles. The van der Waals surface area contributed by atoms with Crippen LogP contribution in [0.2, 0.25) is 0 Å². The second-order valence-electron chi connectivity index (χ2n) is 8.23. The highest BCUT2D eigenvalue weighted by Gasteiger charge is 2.26. The number of rotatable bonds is 5. The van der Waals surface area contributed by atoms with E-state index in [4.69, 9.17) is 4.74 Å². The van der Waals surface area contributed by atoms with E-state index in [9.17, 15) is 14.4 Å². The Morgan fingerprint density at radius 1 is 1.06 bits per heavy atom. The molecule has 1 aliphatic rings. The van der Waals surface area contributed by atoms with Crippen molar-refractivity contribution < 1.29 is 9.53 Å². The van der Waals surface area contributed by atoms with E-state index < -0.39 is 11.2 Å². The Balaban J connectivity index is 1.82. The minimum absolute atomic E-state index is 0.0290. The second-order valence-corrected chi connectivity index (χ2v) is 8.23. The van der Waals surface area contributed by atoms with Gasteiger partial charge in [-0.05, 0) is 13.8 Å². The number of hydrogen-bond donors (Lipinski definition) is 0. The van der Waals surface area contributed by atoms with Gasteiger partial charge in [-0.1, -0.05) is 30.3 Å². The molecule has 4 rings (SSSR count). The Labute approximate surface area is 179 Å². The van der Waals surface area contributed by atoms with Crippen molar-refractivity contribution in [2.24, 2.45) is 14.1 Å². The molecule has 9 nitrogen and oxygen atoms in total. The predicted octanol–water partition coefficient (Wildman–Crippen LogP) is 0.926. The van der Waals surface area contributed by atoms with E-state index in [-0.39, 0.29) is 30.1 Å². The van der Waals surface area contributed by atoms with Gasteiger partial charge in [0.15, 0.2) is 16.9 Å². The summed E-state index contributed by atoms with van der Waals surface area (Å²) in [5.74, 6) is 0.458. The number of carbonyl (C=O) groups excluding carboxylic acids is 1. The quantitative estimate of drug-likeness (QED) is 0.565. The monoisotopic (exact) mass is 425 g/mol. The maximum atomic E-state index is 13.0. The first-order valence-corrected chi connectivity index (χ1v) is 10.4. The Morgan fingerprint density at radius 2 is 1.71 bits per heavy atom. The molecule has 0 unspecified atom stereocenters. The highest BCUT2D eigenvalue weighted by atomic mass is 16.5. The Hall–Kier alpha value is -3.04. The second kappa shape index (κ2) is 8.24. The summed E-state index contributed by atoms with van der Waals surface area (Å²) >= 11 is 0. The SMILES string of the molecule is C[C@@H]1CN(Cc2nc3c(c(=O)n(C)c(=O)n3C)n2CC(=O)c2ccccc2)C[C@@H](C)O1. The summed E-state index contributed by atoms with van der Waals surface area (Å²) in [5.41, 5.74) is 0.209. The van der Waals surface area contributed by atoms with Crippen molar-refractivity contribution in [3.8, 4) is 0 Å². The lowest BCUT2D eigenvalue weighted by Crippen LogP contribution is -2.45. The van der Waals surface area contributed by atoms with Crippen LogP contribution in [0.25, 0.3) is 11.2 Å². The molecule has 1 fully saturated rings. The van der Waals surface area contributed by atoms with E-state index in [2.05, 4.69) is 9.88 Å². The van der Waals surface area contributed by atoms with Gasteiger partial charge in [-0.3, -0.25) is 23.6 Å². The number of benzene rings is 1. The number of aromatic nitrogens is 4. The van der Waals surface area contributed by atoms with Gasteiger partial charge in [0.2, 0.25) is 0 Å². The molecule has 0 spiro atoms. The number of morpholine rings is 1. The Bertz CT molecular complexity index is 1230. The zero-order valence-corrected chi connectivity index (χ0v) is 18.2. The molecule has 1 aliphatic heterocycles. The molecule has 0 amide bonds. The normalized spacial score (nSPS) is 19.7. The van der Waals surface area contributed by atoms with E-state index in [1.165, 1.54) is 11.6 Å². The van der Waals surface area contributed by atoms with Gasteiger partial charge in [-0.25, -0.2) is 9.78 Å². The summed E-state index contributed by atoms with van der Waals surface area (Å²) in [6.07, 6.45) is 0.148. The molecule has 2 aromatic heterocycles. The molecule has 0 N–H and O–H groups in total. The molecular formula is C22H27N5O4. The van der Waals surface area contributed by atoms with Crippen LogP contribution in [0.3, 0.4) is 0 Å². The summed E-state index contributed by atoms with van der Waals surface area (Å²) in [5, 5.41) is 0. The summed E-state index contributed by atoms with van der Waals surface area (Å²) in [7, 11) is 3.02. The summed E-state index contributed by atoms with van der Waals surface area (Å²) < 4.78 is 9.88. The van der Waals surface area contributed by atoms with Gasteiger partial charge in [0.05, 0.1) is 25.3 Å². The molecule has 2 atom stereocenters. The van der Waals surface area contributed by atoms with Crippen molar-refractivity contribution >= 4 is 16.9 Å². The van der Waals surface area contributed by atoms with Crippen molar-refractivity contribution in [1.29, 1.82) is 0 Å². The van der Waals surface area contributed by atoms with E-state index >= 15 is 0 Å². The van der Waals surface area contributed by atoms with Gasteiger partial charge >= 0.3 is 5.69 Å². The number of imidazole rings is 1. The third kappa shape index (κ3) is 3.98. The van der Waals surface area contributed by atoms with Gasteiger partial charge in [0.25, 0.3) is 5.56 Å². The molecule has 3 heterocycles. The van der Waals surface area contributed by atoms with Crippen LogP contribution in [0, 0.1) is 0 Å². The van der Waals surface area contributed by atoms with Crippen LogP contribution in [0.4, 0.5) is 0 Å².